The molecule has 0 bridgehead atoms. The summed E-state index contributed by atoms with van der Waals surface area (Å²) in [6.45, 7) is 8.34. The van der Waals surface area contributed by atoms with Crippen LogP contribution in [0, 0.1) is 0 Å². The lowest BCUT2D eigenvalue weighted by Crippen LogP contribution is -2.43. The predicted octanol–water partition coefficient (Wildman–Crippen LogP) is 4.40. The van der Waals surface area contributed by atoms with Crippen molar-refractivity contribution in [2.24, 2.45) is 0 Å². The van der Waals surface area contributed by atoms with Crippen LogP contribution in [0.25, 0.3) is 0 Å². The van der Waals surface area contributed by atoms with Crippen LogP contribution in [0.2, 0.25) is 12.1 Å². The van der Waals surface area contributed by atoms with E-state index in [-0.39, 0.29) is 0 Å². The van der Waals surface area contributed by atoms with Crippen LogP contribution in [-0.4, -0.2) is 27.5 Å². The van der Waals surface area contributed by atoms with Crippen molar-refractivity contribution in [1.82, 2.24) is 0 Å². The summed E-state index contributed by atoms with van der Waals surface area (Å²) in [4.78, 5) is 0. The molecule has 104 valence electrons. The molecule has 0 fully saturated rings. The zero-order valence-corrected chi connectivity index (χ0v) is 13.7. The van der Waals surface area contributed by atoms with E-state index in [2.05, 4.69) is 33.4 Å². The summed E-state index contributed by atoms with van der Waals surface area (Å²) in [5.74, 6) is 0.879. The molecule has 0 radical (unpaired) electrons. The van der Waals surface area contributed by atoms with E-state index in [0.29, 0.717) is 0 Å². The van der Waals surface area contributed by atoms with Crippen LogP contribution in [-0.2, 0) is 8.85 Å². The fourth-order valence-corrected chi connectivity index (χ4v) is 5.88. The van der Waals surface area contributed by atoms with E-state index < -0.39 is 8.56 Å². The van der Waals surface area contributed by atoms with Gasteiger partial charge in [-0.05, 0) is 30.7 Å². The Morgan fingerprint density at radius 1 is 0.824 bits per heavy atom. The van der Waals surface area contributed by atoms with Crippen LogP contribution in [0.1, 0.15) is 52.9 Å². The minimum atomic E-state index is -1.95. The van der Waals surface area contributed by atoms with Gasteiger partial charge in [0.05, 0.1) is 0 Å². The molecule has 0 rings (SSSR count). The zero-order chi connectivity index (χ0) is 13.0. The van der Waals surface area contributed by atoms with Gasteiger partial charge in [-0.3, -0.25) is 0 Å². The largest absolute Gasteiger partial charge is 0.394 e. The van der Waals surface area contributed by atoms with Crippen molar-refractivity contribution in [2.45, 2.75) is 65.0 Å². The molecule has 0 aromatic rings. The van der Waals surface area contributed by atoms with E-state index in [1.54, 1.807) is 0 Å². The Morgan fingerprint density at radius 2 is 1.35 bits per heavy atom. The van der Waals surface area contributed by atoms with Gasteiger partial charge < -0.3 is 8.85 Å². The molecule has 17 heavy (non-hydrogen) atoms. The molecule has 0 aromatic heterocycles. The Morgan fingerprint density at radius 3 is 1.71 bits per heavy atom. The number of hydrogen-bond acceptors (Lipinski definition) is 3. The van der Waals surface area contributed by atoms with Gasteiger partial charge >= 0.3 is 8.56 Å². The summed E-state index contributed by atoms with van der Waals surface area (Å²) in [6.07, 6.45) is 5.81. The Kier molecular flexibility index (Phi) is 11.9. The molecule has 4 heteroatoms. The van der Waals surface area contributed by atoms with E-state index in [4.69, 9.17) is 8.85 Å². The molecule has 0 aliphatic heterocycles. The average Bonchev–Trinajstić information content (AvgIpc) is 2.30. The topological polar surface area (TPSA) is 18.5 Å². The number of hydrogen-bond donors (Lipinski definition) is 1. The van der Waals surface area contributed by atoms with Crippen molar-refractivity contribution in [1.29, 1.82) is 0 Å². The van der Waals surface area contributed by atoms with E-state index >= 15 is 0 Å². The van der Waals surface area contributed by atoms with Crippen LogP contribution in [0.15, 0.2) is 0 Å². The van der Waals surface area contributed by atoms with E-state index in [9.17, 15) is 0 Å². The smallest absolute Gasteiger partial charge is 0.338 e. The van der Waals surface area contributed by atoms with Crippen molar-refractivity contribution in [3.63, 3.8) is 0 Å². The van der Waals surface area contributed by atoms with Gasteiger partial charge in [0.15, 0.2) is 0 Å². The summed E-state index contributed by atoms with van der Waals surface area (Å²) in [5.41, 5.74) is 0. The SMILES string of the molecule is CCCCO[Si](CCC)(CCS)OCCCC. The molecule has 0 atom stereocenters. The molecule has 0 spiro atoms. The predicted molar refractivity (Wildman–Crippen MR) is 81.2 cm³/mol. The van der Waals surface area contributed by atoms with Crippen molar-refractivity contribution < 1.29 is 8.85 Å². The summed E-state index contributed by atoms with van der Waals surface area (Å²) in [6, 6.07) is 2.14. The van der Waals surface area contributed by atoms with Gasteiger partial charge in [0.1, 0.15) is 0 Å². The first kappa shape index (κ1) is 17.5. The molecule has 0 unspecified atom stereocenters. The third-order valence-electron chi connectivity index (χ3n) is 2.85. The third-order valence-corrected chi connectivity index (χ3v) is 7.23. The minimum Gasteiger partial charge on any atom is -0.394 e. The van der Waals surface area contributed by atoms with Crippen LogP contribution < -0.4 is 0 Å². The summed E-state index contributed by atoms with van der Waals surface area (Å²) in [7, 11) is -1.95. The molecule has 0 N–H and O–H groups in total. The van der Waals surface area contributed by atoms with E-state index in [1.807, 2.05) is 0 Å². The highest BCUT2D eigenvalue weighted by Crippen LogP contribution is 2.22. The first-order valence-electron chi connectivity index (χ1n) is 7.13. The van der Waals surface area contributed by atoms with Gasteiger partial charge in [-0.25, -0.2) is 0 Å². The summed E-state index contributed by atoms with van der Waals surface area (Å²) in [5, 5.41) is 0. The zero-order valence-electron chi connectivity index (χ0n) is 11.8. The average molecular weight is 279 g/mol. The fraction of sp³-hybridized carbons (Fsp3) is 1.00. The molecular weight excluding hydrogens is 248 g/mol. The summed E-state index contributed by atoms with van der Waals surface area (Å²) < 4.78 is 12.3. The van der Waals surface area contributed by atoms with Crippen molar-refractivity contribution in [2.75, 3.05) is 19.0 Å². The maximum absolute atomic E-state index is 6.17. The van der Waals surface area contributed by atoms with E-state index in [1.165, 1.54) is 12.8 Å². The molecule has 0 aliphatic carbocycles. The highest BCUT2D eigenvalue weighted by Gasteiger charge is 2.35. The lowest BCUT2D eigenvalue weighted by Gasteiger charge is -2.30. The second kappa shape index (κ2) is 11.6. The van der Waals surface area contributed by atoms with Gasteiger partial charge in [-0.1, -0.05) is 40.0 Å². The van der Waals surface area contributed by atoms with E-state index in [0.717, 1.165) is 50.3 Å². The monoisotopic (exact) mass is 278 g/mol. The summed E-state index contributed by atoms with van der Waals surface area (Å²) >= 11 is 4.37. The molecule has 0 aromatic carbocycles. The maximum atomic E-state index is 6.17. The Balaban J connectivity index is 4.25. The van der Waals surface area contributed by atoms with Crippen molar-refractivity contribution in [3.05, 3.63) is 0 Å². The van der Waals surface area contributed by atoms with Crippen LogP contribution >= 0.6 is 12.6 Å². The fourth-order valence-electron chi connectivity index (χ4n) is 1.81. The molecule has 0 aliphatic rings. The first-order valence-corrected chi connectivity index (χ1v) is 9.99. The van der Waals surface area contributed by atoms with Gasteiger partial charge in [-0.15, -0.1) is 0 Å². The molecule has 2 nitrogen and oxygen atoms in total. The quantitative estimate of drug-likeness (QED) is 0.324. The third kappa shape index (κ3) is 8.24. The lowest BCUT2D eigenvalue weighted by atomic mass is 10.4. The lowest BCUT2D eigenvalue weighted by molar-refractivity contribution is 0.163. The Labute approximate surface area is 114 Å². The van der Waals surface area contributed by atoms with Gasteiger partial charge in [0.2, 0.25) is 0 Å². The Hall–Kier alpha value is 0.487. The molecule has 0 amide bonds. The van der Waals surface area contributed by atoms with Crippen molar-refractivity contribution in [3.8, 4) is 0 Å². The number of rotatable bonds is 12. The normalized spacial score (nSPS) is 12.0. The van der Waals surface area contributed by atoms with Gasteiger partial charge in [0, 0.05) is 13.2 Å². The van der Waals surface area contributed by atoms with Gasteiger partial charge in [-0.2, -0.15) is 12.6 Å². The minimum absolute atomic E-state index is 0.864. The highest BCUT2D eigenvalue weighted by molar-refractivity contribution is 7.80. The van der Waals surface area contributed by atoms with Gasteiger partial charge in [0.25, 0.3) is 0 Å². The molecule has 0 saturated heterocycles. The molecule has 0 heterocycles. The number of unbranched alkanes of at least 4 members (excludes halogenated alkanes) is 2. The maximum Gasteiger partial charge on any atom is 0.338 e. The second-order valence-corrected chi connectivity index (χ2v) is 8.38. The van der Waals surface area contributed by atoms with Crippen LogP contribution in [0.4, 0.5) is 0 Å². The Bertz CT molecular complexity index is 149. The van der Waals surface area contributed by atoms with Crippen LogP contribution in [0.5, 0.6) is 0 Å². The van der Waals surface area contributed by atoms with Crippen LogP contribution in [0.3, 0.4) is 0 Å². The number of thiol groups is 1. The second-order valence-electron chi connectivity index (χ2n) is 4.54. The molecule has 0 saturated carbocycles. The first-order chi connectivity index (χ1) is 8.24. The standard InChI is InChI=1S/C13H30O2SSi/c1-4-7-9-14-17(12-6-3,13-11-16)15-10-8-5-2/h16H,4-13H2,1-3H3. The highest BCUT2D eigenvalue weighted by atomic mass is 32.1. The molecular formula is C13H30O2SSi. The van der Waals surface area contributed by atoms with Crippen molar-refractivity contribution >= 4 is 21.2 Å².